The van der Waals surface area contributed by atoms with E-state index in [-0.39, 0.29) is 0 Å². The van der Waals surface area contributed by atoms with Crippen LogP contribution < -0.4 is 5.32 Å². The van der Waals surface area contributed by atoms with Gasteiger partial charge in [-0.3, -0.25) is 0 Å². The number of phenols is 1. The average molecular weight is 247 g/mol. The third kappa shape index (κ3) is 2.38. The maximum absolute atomic E-state index is 9.80. The molecule has 0 spiro atoms. The molecule has 2 N–H and O–H groups in total. The molecule has 2 atom stereocenters. The van der Waals surface area contributed by atoms with Crippen LogP contribution in [-0.4, -0.2) is 24.9 Å². The molecule has 3 nitrogen and oxygen atoms in total. The fourth-order valence-corrected chi connectivity index (χ4v) is 3.12. The van der Waals surface area contributed by atoms with Gasteiger partial charge in [0.2, 0.25) is 0 Å². The summed E-state index contributed by atoms with van der Waals surface area (Å²) in [5.41, 5.74) is 2.43. The van der Waals surface area contributed by atoms with Crippen molar-refractivity contribution in [3.8, 4) is 5.75 Å². The summed E-state index contributed by atoms with van der Waals surface area (Å²) in [7, 11) is 0. The fourth-order valence-electron chi connectivity index (χ4n) is 3.12. The summed E-state index contributed by atoms with van der Waals surface area (Å²) in [5, 5.41) is 13.4. The third-order valence-corrected chi connectivity index (χ3v) is 4.21. The number of phenolic OH excluding ortho intramolecular Hbond substituents is 1. The van der Waals surface area contributed by atoms with Gasteiger partial charge in [0.15, 0.2) is 0 Å². The molecule has 1 saturated heterocycles. The Bertz CT molecular complexity index is 413. The summed E-state index contributed by atoms with van der Waals surface area (Å²) in [4.78, 5) is 0. The zero-order valence-corrected chi connectivity index (χ0v) is 10.7. The van der Waals surface area contributed by atoms with Crippen LogP contribution in [0.15, 0.2) is 18.2 Å². The van der Waals surface area contributed by atoms with Crippen molar-refractivity contribution in [3.63, 3.8) is 0 Å². The van der Waals surface area contributed by atoms with Gasteiger partial charge in [0.05, 0.1) is 0 Å². The molecule has 1 aliphatic heterocycles. The maximum atomic E-state index is 9.80. The minimum Gasteiger partial charge on any atom is -0.508 e. The molecule has 1 aliphatic carbocycles. The largest absolute Gasteiger partial charge is 0.508 e. The van der Waals surface area contributed by atoms with E-state index in [0.717, 1.165) is 44.1 Å². The van der Waals surface area contributed by atoms with E-state index in [1.807, 2.05) is 6.07 Å². The van der Waals surface area contributed by atoms with Crippen LogP contribution in [0.3, 0.4) is 0 Å². The van der Waals surface area contributed by atoms with Gasteiger partial charge in [0.1, 0.15) is 5.75 Å². The molecule has 0 bridgehead atoms. The lowest BCUT2D eigenvalue weighted by Crippen LogP contribution is -2.22. The molecule has 1 fully saturated rings. The van der Waals surface area contributed by atoms with Crippen LogP contribution in [0.1, 0.15) is 36.4 Å². The highest BCUT2D eigenvalue weighted by atomic mass is 16.5. The van der Waals surface area contributed by atoms with Crippen LogP contribution in [0.25, 0.3) is 0 Å². The predicted octanol–water partition coefficient (Wildman–Crippen LogP) is 2.40. The number of nitrogens with one attached hydrogen (secondary N) is 1. The Morgan fingerprint density at radius 2 is 2.28 bits per heavy atom. The van der Waals surface area contributed by atoms with Crippen molar-refractivity contribution in [1.29, 1.82) is 0 Å². The minimum absolute atomic E-state index is 0.425. The van der Waals surface area contributed by atoms with Crippen LogP contribution >= 0.6 is 0 Å². The minimum atomic E-state index is 0.425. The van der Waals surface area contributed by atoms with E-state index in [9.17, 15) is 5.11 Å². The highest BCUT2D eigenvalue weighted by Gasteiger charge is 2.24. The standard InChI is InChI=1S/C15H21NO2/c17-15-3-1-2-12-13(15)4-5-14(12)16-8-6-11-7-9-18-10-11/h1-3,11,14,16-17H,4-10H2. The monoisotopic (exact) mass is 247 g/mol. The molecule has 1 heterocycles. The average Bonchev–Trinajstić information content (AvgIpc) is 3.00. The second-order valence-electron chi connectivity index (χ2n) is 5.41. The highest BCUT2D eigenvalue weighted by Crippen LogP contribution is 2.36. The molecule has 2 unspecified atom stereocenters. The molecule has 1 aromatic rings. The quantitative estimate of drug-likeness (QED) is 0.858. The topological polar surface area (TPSA) is 41.5 Å². The van der Waals surface area contributed by atoms with Crippen molar-refractivity contribution in [1.82, 2.24) is 5.32 Å². The molecule has 18 heavy (non-hydrogen) atoms. The molecular weight excluding hydrogens is 226 g/mol. The van der Waals surface area contributed by atoms with Crippen LogP contribution in [0.5, 0.6) is 5.75 Å². The third-order valence-electron chi connectivity index (χ3n) is 4.21. The van der Waals surface area contributed by atoms with E-state index in [4.69, 9.17) is 4.74 Å². The maximum Gasteiger partial charge on any atom is 0.119 e. The summed E-state index contributed by atoms with van der Waals surface area (Å²) in [6, 6.07) is 6.29. The molecule has 0 aromatic heterocycles. The van der Waals surface area contributed by atoms with Gasteiger partial charge in [-0.2, -0.15) is 0 Å². The summed E-state index contributed by atoms with van der Waals surface area (Å²) in [6.07, 6.45) is 4.51. The van der Waals surface area contributed by atoms with Gasteiger partial charge in [0, 0.05) is 19.3 Å². The smallest absolute Gasteiger partial charge is 0.119 e. The predicted molar refractivity (Wildman–Crippen MR) is 70.7 cm³/mol. The van der Waals surface area contributed by atoms with Crippen molar-refractivity contribution in [2.75, 3.05) is 19.8 Å². The lowest BCUT2D eigenvalue weighted by Gasteiger charge is -2.15. The number of rotatable bonds is 4. The Labute approximate surface area is 108 Å². The Morgan fingerprint density at radius 3 is 3.11 bits per heavy atom. The van der Waals surface area contributed by atoms with E-state index >= 15 is 0 Å². The molecule has 0 radical (unpaired) electrons. The van der Waals surface area contributed by atoms with Gasteiger partial charge in [-0.1, -0.05) is 12.1 Å². The van der Waals surface area contributed by atoms with Crippen molar-refractivity contribution < 1.29 is 9.84 Å². The molecule has 0 saturated carbocycles. The SMILES string of the molecule is Oc1cccc2c1CCC2NCCC1CCOC1. The fraction of sp³-hybridized carbons (Fsp3) is 0.600. The summed E-state index contributed by atoms with van der Waals surface area (Å²) < 4.78 is 5.39. The van der Waals surface area contributed by atoms with E-state index in [1.54, 1.807) is 6.07 Å². The van der Waals surface area contributed by atoms with Crippen molar-refractivity contribution in [2.45, 2.75) is 31.7 Å². The Balaban J connectivity index is 1.54. The number of ether oxygens (including phenoxy) is 1. The Hall–Kier alpha value is -1.06. The van der Waals surface area contributed by atoms with Crippen molar-refractivity contribution >= 4 is 0 Å². The molecular formula is C15H21NO2. The Kier molecular flexibility index (Phi) is 3.52. The van der Waals surface area contributed by atoms with Gasteiger partial charge in [-0.25, -0.2) is 0 Å². The van der Waals surface area contributed by atoms with E-state index in [0.29, 0.717) is 11.8 Å². The zero-order chi connectivity index (χ0) is 12.4. The normalized spacial score (nSPS) is 26.4. The number of hydrogen-bond donors (Lipinski definition) is 2. The zero-order valence-electron chi connectivity index (χ0n) is 10.7. The number of hydrogen-bond acceptors (Lipinski definition) is 3. The molecule has 1 aromatic carbocycles. The Morgan fingerprint density at radius 1 is 1.33 bits per heavy atom. The lowest BCUT2D eigenvalue weighted by atomic mass is 10.0. The molecule has 3 rings (SSSR count). The van der Waals surface area contributed by atoms with E-state index in [1.165, 1.54) is 18.4 Å². The summed E-state index contributed by atoms with van der Waals surface area (Å²) in [5.74, 6) is 1.20. The van der Waals surface area contributed by atoms with Crippen molar-refractivity contribution in [3.05, 3.63) is 29.3 Å². The van der Waals surface area contributed by atoms with E-state index in [2.05, 4.69) is 11.4 Å². The summed E-state index contributed by atoms with van der Waals surface area (Å²) in [6.45, 7) is 2.92. The van der Waals surface area contributed by atoms with Gasteiger partial charge in [0.25, 0.3) is 0 Å². The van der Waals surface area contributed by atoms with Gasteiger partial charge < -0.3 is 15.2 Å². The van der Waals surface area contributed by atoms with Crippen LogP contribution in [0.2, 0.25) is 0 Å². The first-order valence-electron chi connectivity index (χ1n) is 6.96. The van der Waals surface area contributed by atoms with Gasteiger partial charge >= 0.3 is 0 Å². The van der Waals surface area contributed by atoms with Crippen molar-refractivity contribution in [2.24, 2.45) is 5.92 Å². The van der Waals surface area contributed by atoms with Gasteiger partial charge in [-0.15, -0.1) is 0 Å². The van der Waals surface area contributed by atoms with Crippen LogP contribution in [0, 0.1) is 5.92 Å². The van der Waals surface area contributed by atoms with E-state index < -0.39 is 0 Å². The second kappa shape index (κ2) is 5.29. The summed E-state index contributed by atoms with van der Waals surface area (Å²) >= 11 is 0. The highest BCUT2D eigenvalue weighted by molar-refractivity contribution is 5.44. The van der Waals surface area contributed by atoms with Crippen LogP contribution in [0.4, 0.5) is 0 Å². The number of fused-ring (bicyclic) bond motifs is 1. The number of benzene rings is 1. The lowest BCUT2D eigenvalue weighted by molar-refractivity contribution is 0.184. The van der Waals surface area contributed by atoms with Crippen LogP contribution in [-0.2, 0) is 11.2 Å². The first-order valence-corrected chi connectivity index (χ1v) is 6.96. The molecule has 2 aliphatic rings. The van der Waals surface area contributed by atoms with Gasteiger partial charge in [-0.05, 0) is 55.3 Å². The first-order chi connectivity index (χ1) is 8.84. The molecule has 3 heteroatoms. The second-order valence-corrected chi connectivity index (χ2v) is 5.41. The first kappa shape index (κ1) is 12.0. The molecule has 98 valence electrons. The molecule has 0 amide bonds. The number of aromatic hydroxyl groups is 1.